The summed E-state index contributed by atoms with van der Waals surface area (Å²) in [5, 5.41) is 0. The molecule has 1 aliphatic heterocycles. The van der Waals surface area contributed by atoms with Gasteiger partial charge in [-0.05, 0) is 39.5 Å². The average molecular weight is 229 g/mol. The molecule has 1 unspecified atom stereocenters. The van der Waals surface area contributed by atoms with Gasteiger partial charge in [0, 0.05) is 12.6 Å². The maximum absolute atomic E-state index is 12.1. The van der Waals surface area contributed by atoms with Crippen LogP contribution in [0.3, 0.4) is 0 Å². The third-order valence-corrected chi connectivity index (χ3v) is 5.43. The van der Waals surface area contributed by atoms with E-state index in [4.69, 9.17) is 0 Å². The monoisotopic (exact) mass is 229 g/mol. The molecule has 1 saturated carbocycles. The van der Waals surface area contributed by atoms with Gasteiger partial charge in [-0.25, -0.2) is 8.51 Å². The summed E-state index contributed by atoms with van der Waals surface area (Å²) in [7, 11) is -0.776. The normalized spacial score (nSPS) is 35.1. The molecule has 0 aromatic carbocycles. The van der Waals surface area contributed by atoms with Crippen LogP contribution in [0.25, 0.3) is 0 Å². The van der Waals surface area contributed by atoms with E-state index in [2.05, 4.69) is 25.1 Å². The Morgan fingerprint density at radius 2 is 1.73 bits per heavy atom. The van der Waals surface area contributed by atoms with Gasteiger partial charge < -0.3 is 0 Å². The molecule has 3 atom stereocenters. The molecule has 2 aliphatic rings. The molecule has 2 rings (SSSR count). The van der Waals surface area contributed by atoms with Crippen molar-refractivity contribution >= 4 is 11.0 Å². The quantitative estimate of drug-likeness (QED) is 0.667. The maximum atomic E-state index is 12.1. The van der Waals surface area contributed by atoms with Crippen LogP contribution in [0, 0.1) is 5.92 Å². The van der Waals surface area contributed by atoms with Gasteiger partial charge in [0.05, 0.1) is 4.75 Å². The Morgan fingerprint density at radius 1 is 1.13 bits per heavy atom. The SMILES string of the molecule is CC(C)(C)[S@@](=O)N1C[C@H]1C1CCCCC1. The summed E-state index contributed by atoms with van der Waals surface area (Å²) < 4.78 is 14.2. The molecule has 0 N–H and O–H groups in total. The largest absolute Gasteiger partial charge is 0.242 e. The summed E-state index contributed by atoms with van der Waals surface area (Å²) in [5.74, 6) is 0.838. The van der Waals surface area contributed by atoms with Crippen LogP contribution in [-0.2, 0) is 11.0 Å². The highest BCUT2D eigenvalue weighted by atomic mass is 32.2. The van der Waals surface area contributed by atoms with Crippen molar-refractivity contribution in [3.8, 4) is 0 Å². The Morgan fingerprint density at radius 3 is 2.27 bits per heavy atom. The van der Waals surface area contributed by atoms with Crippen LogP contribution in [0.1, 0.15) is 52.9 Å². The first-order chi connectivity index (χ1) is 7.00. The van der Waals surface area contributed by atoms with Crippen LogP contribution >= 0.6 is 0 Å². The lowest BCUT2D eigenvalue weighted by Gasteiger charge is -2.23. The summed E-state index contributed by atoms with van der Waals surface area (Å²) >= 11 is 0. The van der Waals surface area contributed by atoms with E-state index in [1.807, 2.05) is 0 Å². The van der Waals surface area contributed by atoms with E-state index >= 15 is 0 Å². The van der Waals surface area contributed by atoms with Gasteiger partial charge in [-0.15, -0.1) is 0 Å². The molecule has 0 radical (unpaired) electrons. The van der Waals surface area contributed by atoms with Gasteiger partial charge in [0.15, 0.2) is 0 Å². The molecular weight excluding hydrogens is 206 g/mol. The summed E-state index contributed by atoms with van der Waals surface area (Å²) in [4.78, 5) is 0. The van der Waals surface area contributed by atoms with Crippen molar-refractivity contribution < 1.29 is 4.21 Å². The number of rotatable bonds is 2. The highest BCUT2D eigenvalue weighted by Crippen LogP contribution is 2.38. The molecule has 2 fully saturated rings. The van der Waals surface area contributed by atoms with Gasteiger partial charge in [-0.1, -0.05) is 19.3 Å². The fourth-order valence-electron chi connectivity index (χ4n) is 2.58. The molecule has 0 aromatic rings. The standard InChI is InChI=1S/C12H23NOS/c1-12(2,3)15(14)13-9-11(13)10-7-5-4-6-8-10/h10-11H,4-9H2,1-3H3/t11-,13?,15+/m0/s1. The second-order valence-electron chi connectivity index (χ2n) is 5.93. The maximum Gasteiger partial charge on any atom is 0.100 e. The predicted molar refractivity (Wildman–Crippen MR) is 65.0 cm³/mol. The first-order valence-electron chi connectivity index (χ1n) is 6.19. The van der Waals surface area contributed by atoms with Crippen LogP contribution < -0.4 is 0 Å². The van der Waals surface area contributed by atoms with Crippen molar-refractivity contribution in [3.05, 3.63) is 0 Å². The van der Waals surface area contributed by atoms with E-state index in [9.17, 15) is 4.21 Å². The summed E-state index contributed by atoms with van der Waals surface area (Å²) in [6.07, 6.45) is 6.91. The van der Waals surface area contributed by atoms with Gasteiger partial charge in [0.25, 0.3) is 0 Å². The molecule has 3 heteroatoms. The third-order valence-electron chi connectivity index (χ3n) is 3.53. The molecule has 88 valence electrons. The van der Waals surface area contributed by atoms with E-state index in [-0.39, 0.29) is 4.75 Å². The molecule has 0 bridgehead atoms. The predicted octanol–water partition coefficient (Wildman–Crippen LogP) is 2.71. The number of hydrogen-bond acceptors (Lipinski definition) is 1. The fourth-order valence-corrected chi connectivity index (χ4v) is 3.99. The molecule has 15 heavy (non-hydrogen) atoms. The second kappa shape index (κ2) is 4.17. The minimum absolute atomic E-state index is 0.0799. The third kappa shape index (κ3) is 2.62. The zero-order chi connectivity index (χ0) is 11.1. The lowest BCUT2D eigenvalue weighted by Crippen LogP contribution is -2.29. The van der Waals surface area contributed by atoms with Crippen LogP contribution in [0.4, 0.5) is 0 Å². The summed E-state index contributed by atoms with van der Waals surface area (Å²) in [5.41, 5.74) is 0. The topological polar surface area (TPSA) is 20.1 Å². The summed E-state index contributed by atoms with van der Waals surface area (Å²) in [6.45, 7) is 7.28. The summed E-state index contributed by atoms with van der Waals surface area (Å²) in [6, 6.07) is 0.644. The van der Waals surface area contributed by atoms with E-state index in [0.717, 1.165) is 12.5 Å². The highest BCUT2D eigenvalue weighted by molar-refractivity contribution is 7.84. The van der Waals surface area contributed by atoms with E-state index < -0.39 is 11.0 Å². The molecule has 0 amide bonds. The molecule has 0 aromatic heterocycles. The van der Waals surface area contributed by atoms with Crippen molar-refractivity contribution in [2.75, 3.05) is 6.54 Å². The van der Waals surface area contributed by atoms with Crippen LogP contribution in [0.2, 0.25) is 0 Å². The molecule has 2 nitrogen and oxygen atoms in total. The van der Waals surface area contributed by atoms with Gasteiger partial charge in [0.2, 0.25) is 0 Å². The van der Waals surface area contributed by atoms with Crippen molar-refractivity contribution in [2.24, 2.45) is 5.92 Å². The smallest absolute Gasteiger partial charge is 0.100 e. The van der Waals surface area contributed by atoms with E-state index in [0.29, 0.717) is 6.04 Å². The molecular formula is C12H23NOS. The molecule has 1 saturated heterocycles. The fraction of sp³-hybridized carbons (Fsp3) is 1.00. The zero-order valence-corrected chi connectivity index (χ0v) is 11.0. The Kier molecular flexibility index (Phi) is 3.22. The minimum atomic E-state index is -0.776. The van der Waals surface area contributed by atoms with Crippen LogP contribution in [-0.4, -0.2) is 25.8 Å². The second-order valence-corrected chi connectivity index (χ2v) is 8.12. The number of nitrogens with zero attached hydrogens (tertiary/aromatic N) is 1. The number of hydrogen-bond donors (Lipinski definition) is 0. The van der Waals surface area contributed by atoms with Crippen LogP contribution in [0.5, 0.6) is 0 Å². The van der Waals surface area contributed by atoms with Crippen molar-refractivity contribution in [1.82, 2.24) is 4.31 Å². The zero-order valence-electron chi connectivity index (χ0n) is 10.2. The van der Waals surface area contributed by atoms with Crippen molar-refractivity contribution in [1.29, 1.82) is 0 Å². The lowest BCUT2D eigenvalue weighted by atomic mass is 9.87. The molecule has 0 spiro atoms. The van der Waals surface area contributed by atoms with Crippen LogP contribution in [0.15, 0.2) is 0 Å². The van der Waals surface area contributed by atoms with E-state index in [1.54, 1.807) is 0 Å². The first kappa shape index (κ1) is 11.6. The molecule has 1 heterocycles. The van der Waals surface area contributed by atoms with Crippen molar-refractivity contribution in [3.63, 3.8) is 0 Å². The minimum Gasteiger partial charge on any atom is -0.242 e. The Labute approximate surface area is 96.0 Å². The Balaban J connectivity index is 1.87. The average Bonchev–Trinajstić information content (AvgIpc) is 2.96. The Hall–Kier alpha value is 0.110. The lowest BCUT2D eigenvalue weighted by molar-refractivity contribution is 0.338. The van der Waals surface area contributed by atoms with Gasteiger partial charge in [0.1, 0.15) is 11.0 Å². The first-order valence-corrected chi connectivity index (χ1v) is 7.29. The highest BCUT2D eigenvalue weighted by Gasteiger charge is 2.46. The van der Waals surface area contributed by atoms with Gasteiger partial charge in [-0.2, -0.15) is 0 Å². The van der Waals surface area contributed by atoms with E-state index in [1.165, 1.54) is 32.1 Å². The van der Waals surface area contributed by atoms with Crippen molar-refractivity contribution in [2.45, 2.75) is 63.7 Å². The molecule has 1 aliphatic carbocycles. The van der Waals surface area contributed by atoms with Gasteiger partial charge in [-0.3, -0.25) is 0 Å². The Bertz CT molecular complexity index is 253. The van der Waals surface area contributed by atoms with Gasteiger partial charge >= 0.3 is 0 Å².